The minimum Gasteiger partial charge on any atom is -0.497 e. The molecule has 0 N–H and O–H groups in total. The van der Waals surface area contributed by atoms with Crippen LogP contribution in [-0.4, -0.2) is 18.7 Å². The smallest absolute Gasteiger partial charge is 0.235 e. The van der Waals surface area contributed by atoms with Crippen LogP contribution in [-0.2, 0) is 17.6 Å². The fourth-order valence-corrected chi connectivity index (χ4v) is 2.14. The molecule has 0 bridgehead atoms. The highest BCUT2D eigenvalue weighted by atomic mass is 16.5. The number of benzene rings is 1. The molecular formula is C12H13NO2. The summed E-state index contributed by atoms with van der Waals surface area (Å²) in [6.45, 7) is 1.98. The average molecular weight is 203 g/mol. The van der Waals surface area contributed by atoms with Crippen LogP contribution in [0.3, 0.4) is 0 Å². The van der Waals surface area contributed by atoms with E-state index < -0.39 is 0 Å². The van der Waals surface area contributed by atoms with E-state index in [1.54, 1.807) is 13.2 Å². The van der Waals surface area contributed by atoms with E-state index in [4.69, 9.17) is 4.74 Å². The molecule has 3 nitrogen and oxygen atoms in total. The summed E-state index contributed by atoms with van der Waals surface area (Å²) in [6.07, 6.45) is 3.25. The summed E-state index contributed by atoms with van der Waals surface area (Å²) in [5.41, 5.74) is 2.16. The van der Waals surface area contributed by atoms with Gasteiger partial charge in [-0.3, -0.25) is 0 Å². The number of aliphatic imine (C=N–C) groups is 1. The molecule has 1 aromatic carbocycles. The summed E-state index contributed by atoms with van der Waals surface area (Å²) >= 11 is 0. The number of hydrogen-bond acceptors (Lipinski definition) is 3. The predicted molar refractivity (Wildman–Crippen MR) is 56.9 cm³/mol. The van der Waals surface area contributed by atoms with Gasteiger partial charge in [0.2, 0.25) is 6.08 Å². The van der Waals surface area contributed by atoms with Gasteiger partial charge in [-0.25, -0.2) is 4.79 Å². The normalized spacial score (nSPS) is 23.1. The van der Waals surface area contributed by atoms with Crippen LogP contribution in [0.15, 0.2) is 23.2 Å². The van der Waals surface area contributed by atoms with Gasteiger partial charge in [-0.1, -0.05) is 6.07 Å². The summed E-state index contributed by atoms with van der Waals surface area (Å²) in [6, 6.07) is 6.00. The molecule has 1 aliphatic rings. The van der Waals surface area contributed by atoms with Gasteiger partial charge in [0.25, 0.3) is 0 Å². The van der Waals surface area contributed by atoms with E-state index in [1.807, 2.05) is 25.1 Å². The first-order chi connectivity index (χ1) is 7.17. The number of isocyanates is 1. The molecule has 0 saturated heterocycles. The third kappa shape index (κ3) is 1.79. The monoisotopic (exact) mass is 203 g/mol. The van der Waals surface area contributed by atoms with Gasteiger partial charge in [0, 0.05) is 0 Å². The number of methoxy groups -OCH3 is 1. The van der Waals surface area contributed by atoms with Crippen LogP contribution < -0.4 is 4.74 Å². The van der Waals surface area contributed by atoms with Crippen molar-refractivity contribution >= 4 is 6.08 Å². The van der Waals surface area contributed by atoms with Crippen molar-refractivity contribution in [3.63, 3.8) is 0 Å². The third-order valence-corrected chi connectivity index (χ3v) is 2.87. The SMILES string of the molecule is COc1ccc2c(c1)CC(C)(N=C=O)C2. The quantitative estimate of drug-likeness (QED) is 0.544. The molecule has 0 saturated carbocycles. The van der Waals surface area contributed by atoms with Crippen molar-refractivity contribution in [2.75, 3.05) is 7.11 Å². The number of fused-ring (bicyclic) bond motifs is 1. The van der Waals surface area contributed by atoms with E-state index >= 15 is 0 Å². The molecule has 0 spiro atoms. The summed E-state index contributed by atoms with van der Waals surface area (Å²) in [5.74, 6) is 0.855. The van der Waals surface area contributed by atoms with Crippen molar-refractivity contribution in [1.82, 2.24) is 0 Å². The summed E-state index contributed by atoms with van der Waals surface area (Å²) in [4.78, 5) is 14.2. The minimum absolute atomic E-state index is 0.309. The molecule has 15 heavy (non-hydrogen) atoms. The maximum atomic E-state index is 10.3. The summed E-state index contributed by atoms with van der Waals surface area (Å²) in [7, 11) is 1.65. The second kappa shape index (κ2) is 3.52. The Labute approximate surface area is 88.8 Å². The van der Waals surface area contributed by atoms with Crippen LogP contribution in [0.4, 0.5) is 0 Å². The Hall–Kier alpha value is -1.60. The van der Waals surface area contributed by atoms with Gasteiger partial charge in [-0.2, -0.15) is 4.99 Å². The standard InChI is InChI=1S/C12H13NO2/c1-12(13-8-14)6-9-3-4-11(15-2)5-10(9)7-12/h3-5H,6-7H2,1-2H3. The van der Waals surface area contributed by atoms with Crippen LogP contribution in [0.2, 0.25) is 0 Å². The number of rotatable bonds is 2. The fraction of sp³-hybridized carbons (Fsp3) is 0.417. The van der Waals surface area contributed by atoms with Gasteiger partial charge in [-0.15, -0.1) is 0 Å². The lowest BCUT2D eigenvalue weighted by Crippen LogP contribution is -2.21. The largest absolute Gasteiger partial charge is 0.497 e. The Kier molecular flexibility index (Phi) is 2.33. The number of hydrogen-bond donors (Lipinski definition) is 0. The Morgan fingerprint density at radius 3 is 2.80 bits per heavy atom. The van der Waals surface area contributed by atoms with E-state index in [1.165, 1.54) is 11.1 Å². The molecule has 0 amide bonds. The lowest BCUT2D eigenvalue weighted by Gasteiger charge is -2.13. The first-order valence-corrected chi connectivity index (χ1v) is 4.92. The molecule has 0 radical (unpaired) electrons. The second-order valence-electron chi connectivity index (χ2n) is 4.19. The molecule has 1 aromatic rings. The van der Waals surface area contributed by atoms with Gasteiger partial charge < -0.3 is 4.74 Å². The summed E-state index contributed by atoms with van der Waals surface area (Å²) < 4.78 is 5.16. The van der Waals surface area contributed by atoms with Crippen LogP contribution in [0.5, 0.6) is 5.75 Å². The van der Waals surface area contributed by atoms with Gasteiger partial charge in [0.15, 0.2) is 0 Å². The van der Waals surface area contributed by atoms with E-state index in [-0.39, 0.29) is 5.54 Å². The maximum Gasteiger partial charge on any atom is 0.235 e. The predicted octanol–water partition coefficient (Wildman–Crippen LogP) is 1.89. The van der Waals surface area contributed by atoms with Gasteiger partial charge in [-0.05, 0) is 43.0 Å². The van der Waals surface area contributed by atoms with E-state index in [0.717, 1.165) is 18.6 Å². The lowest BCUT2D eigenvalue weighted by molar-refractivity contribution is 0.414. The average Bonchev–Trinajstić information content (AvgIpc) is 2.53. The zero-order chi connectivity index (χ0) is 10.9. The first kappa shape index (κ1) is 9.94. The summed E-state index contributed by atoms with van der Waals surface area (Å²) in [5, 5.41) is 0. The molecule has 0 fully saturated rings. The Morgan fingerprint density at radius 2 is 2.13 bits per heavy atom. The molecule has 3 heteroatoms. The van der Waals surface area contributed by atoms with Crippen molar-refractivity contribution in [3.8, 4) is 5.75 Å². The van der Waals surface area contributed by atoms with Gasteiger partial charge in [0.05, 0.1) is 12.6 Å². The first-order valence-electron chi connectivity index (χ1n) is 4.92. The number of nitrogens with zero attached hydrogens (tertiary/aromatic N) is 1. The third-order valence-electron chi connectivity index (χ3n) is 2.87. The molecule has 1 aliphatic carbocycles. The number of ether oxygens (including phenoxy) is 1. The number of carbonyl (C=O) groups excluding carboxylic acids is 1. The van der Waals surface area contributed by atoms with Gasteiger partial charge in [0.1, 0.15) is 5.75 Å². The topological polar surface area (TPSA) is 38.7 Å². The van der Waals surface area contributed by atoms with Crippen molar-refractivity contribution in [2.45, 2.75) is 25.3 Å². The lowest BCUT2D eigenvalue weighted by atomic mass is 10.0. The molecule has 0 heterocycles. The van der Waals surface area contributed by atoms with Crippen LogP contribution in [0, 0.1) is 0 Å². The molecule has 1 unspecified atom stereocenters. The van der Waals surface area contributed by atoms with Crippen molar-refractivity contribution < 1.29 is 9.53 Å². The van der Waals surface area contributed by atoms with E-state index in [0.29, 0.717) is 0 Å². The molecule has 1 atom stereocenters. The van der Waals surface area contributed by atoms with E-state index in [9.17, 15) is 4.79 Å². The molecule has 78 valence electrons. The molecule has 2 rings (SSSR count). The van der Waals surface area contributed by atoms with Crippen molar-refractivity contribution in [1.29, 1.82) is 0 Å². The van der Waals surface area contributed by atoms with Crippen molar-refractivity contribution in [3.05, 3.63) is 29.3 Å². The van der Waals surface area contributed by atoms with Crippen LogP contribution in [0.1, 0.15) is 18.1 Å². The second-order valence-corrected chi connectivity index (χ2v) is 4.19. The maximum absolute atomic E-state index is 10.3. The van der Waals surface area contributed by atoms with Crippen LogP contribution in [0.25, 0.3) is 0 Å². The van der Waals surface area contributed by atoms with Crippen LogP contribution >= 0.6 is 0 Å². The van der Waals surface area contributed by atoms with Gasteiger partial charge >= 0.3 is 0 Å². The molecular weight excluding hydrogens is 190 g/mol. The minimum atomic E-state index is -0.309. The Bertz CT molecular complexity index is 435. The van der Waals surface area contributed by atoms with E-state index in [2.05, 4.69) is 4.99 Å². The highest BCUT2D eigenvalue weighted by molar-refractivity contribution is 5.44. The fourth-order valence-electron chi connectivity index (χ4n) is 2.14. The van der Waals surface area contributed by atoms with Crippen molar-refractivity contribution in [2.24, 2.45) is 4.99 Å². The Balaban J connectivity index is 2.34. The zero-order valence-electron chi connectivity index (χ0n) is 8.91. The highest BCUT2D eigenvalue weighted by Gasteiger charge is 2.32. The molecule has 0 aromatic heterocycles. The molecule has 0 aliphatic heterocycles. The zero-order valence-corrected chi connectivity index (χ0v) is 8.91. The Morgan fingerprint density at radius 1 is 1.40 bits per heavy atom. The highest BCUT2D eigenvalue weighted by Crippen LogP contribution is 2.34.